The highest BCUT2D eigenvalue weighted by Crippen LogP contribution is 2.33. The van der Waals surface area contributed by atoms with Gasteiger partial charge in [0.05, 0.1) is 11.4 Å². The molecule has 2 aromatic rings. The van der Waals surface area contributed by atoms with Crippen LogP contribution >= 0.6 is 11.3 Å². The van der Waals surface area contributed by atoms with Crippen LogP contribution in [0.5, 0.6) is 0 Å². The lowest BCUT2D eigenvalue weighted by Crippen LogP contribution is -2.52. The van der Waals surface area contributed by atoms with Crippen LogP contribution in [0.1, 0.15) is 39.7 Å². The van der Waals surface area contributed by atoms with Gasteiger partial charge in [0.2, 0.25) is 5.91 Å². The average Bonchev–Trinajstić information content (AvgIpc) is 3.27. The summed E-state index contributed by atoms with van der Waals surface area (Å²) in [5.41, 5.74) is 2.79. The largest absolute Gasteiger partial charge is 0.338 e. The van der Waals surface area contributed by atoms with E-state index in [1.54, 1.807) is 0 Å². The van der Waals surface area contributed by atoms with E-state index in [9.17, 15) is 9.59 Å². The van der Waals surface area contributed by atoms with Gasteiger partial charge in [0, 0.05) is 32.2 Å². The second-order valence-electron chi connectivity index (χ2n) is 7.67. The van der Waals surface area contributed by atoms with Crippen LogP contribution in [0, 0.1) is 0 Å². The molecule has 148 valence electrons. The fraction of sp³-hybridized carbons (Fsp3) is 0.455. The van der Waals surface area contributed by atoms with Crippen LogP contribution < -0.4 is 0 Å². The number of carbonyl (C=O) groups is 2. The fourth-order valence-electron chi connectivity index (χ4n) is 4.32. The molecule has 0 spiro atoms. The summed E-state index contributed by atoms with van der Waals surface area (Å²) in [6.45, 7) is 2.88. The SMILES string of the molecule is CN(CC(=O)N1CCN(C(=O)c2cccs2)CC1)[C@@H]1CCCc2ccccc21. The van der Waals surface area contributed by atoms with Crippen molar-refractivity contribution < 1.29 is 9.59 Å². The van der Waals surface area contributed by atoms with Gasteiger partial charge in [0.1, 0.15) is 0 Å². The number of likely N-dealkylation sites (N-methyl/N-ethyl adjacent to an activating group) is 1. The molecule has 0 N–H and O–H groups in total. The molecule has 28 heavy (non-hydrogen) atoms. The van der Waals surface area contributed by atoms with Crippen molar-refractivity contribution in [2.45, 2.75) is 25.3 Å². The highest BCUT2D eigenvalue weighted by Gasteiger charge is 2.28. The quantitative estimate of drug-likeness (QED) is 0.797. The summed E-state index contributed by atoms with van der Waals surface area (Å²) in [6.07, 6.45) is 3.41. The predicted molar refractivity (Wildman–Crippen MR) is 112 cm³/mol. The number of piperazine rings is 1. The van der Waals surface area contributed by atoms with Gasteiger partial charge in [-0.15, -0.1) is 11.3 Å². The lowest BCUT2D eigenvalue weighted by molar-refractivity contribution is -0.134. The summed E-state index contributed by atoms with van der Waals surface area (Å²) in [5, 5.41) is 1.92. The number of hydrogen-bond acceptors (Lipinski definition) is 4. The van der Waals surface area contributed by atoms with Gasteiger partial charge < -0.3 is 9.80 Å². The van der Waals surface area contributed by atoms with E-state index in [2.05, 4.69) is 36.2 Å². The van der Waals surface area contributed by atoms with Gasteiger partial charge in [-0.3, -0.25) is 14.5 Å². The van der Waals surface area contributed by atoms with Crippen LogP contribution in [0.4, 0.5) is 0 Å². The molecule has 1 aromatic carbocycles. The molecule has 1 saturated heterocycles. The number of fused-ring (bicyclic) bond motifs is 1. The fourth-order valence-corrected chi connectivity index (χ4v) is 5.02. The van der Waals surface area contributed by atoms with Gasteiger partial charge in [-0.25, -0.2) is 0 Å². The monoisotopic (exact) mass is 397 g/mol. The Balaban J connectivity index is 1.32. The van der Waals surface area contributed by atoms with Gasteiger partial charge in [0.25, 0.3) is 5.91 Å². The van der Waals surface area contributed by atoms with Crippen molar-refractivity contribution in [2.24, 2.45) is 0 Å². The van der Waals surface area contributed by atoms with E-state index in [4.69, 9.17) is 0 Å². The topological polar surface area (TPSA) is 43.9 Å². The number of nitrogens with zero attached hydrogens (tertiary/aromatic N) is 3. The Morgan fingerprint density at radius 3 is 2.57 bits per heavy atom. The molecule has 1 aromatic heterocycles. The molecule has 5 nitrogen and oxygen atoms in total. The lowest BCUT2D eigenvalue weighted by Gasteiger charge is -2.37. The van der Waals surface area contributed by atoms with Crippen molar-refractivity contribution >= 4 is 23.2 Å². The summed E-state index contributed by atoms with van der Waals surface area (Å²) in [5.74, 6) is 0.242. The number of amides is 2. The third kappa shape index (κ3) is 3.98. The summed E-state index contributed by atoms with van der Waals surface area (Å²) in [7, 11) is 2.06. The van der Waals surface area contributed by atoms with E-state index in [-0.39, 0.29) is 11.8 Å². The highest BCUT2D eigenvalue weighted by atomic mass is 32.1. The number of benzene rings is 1. The molecular weight excluding hydrogens is 370 g/mol. The van der Waals surface area contributed by atoms with E-state index in [1.165, 1.54) is 28.9 Å². The molecular formula is C22H27N3O2S. The summed E-state index contributed by atoms with van der Waals surface area (Å²) in [6, 6.07) is 12.7. The van der Waals surface area contributed by atoms with Crippen molar-refractivity contribution in [1.82, 2.24) is 14.7 Å². The van der Waals surface area contributed by atoms with Crippen molar-refractivity contribution in [3.05, 3.63) is 57.8 Å². The maximum Gasteiger partial charge on any atom is 0.264 e. The molecule has 0 radical (unpaired) electrons. The van der Waals surface area contributed by atoms with Gasteiger partial charge in [-0.05, 0) is 48.9 Å². The lowest BCUT2D eigenvalue weighted by atomic mass is 9.87. The predicted octanol–water partition coefficient (Wildman–Crippen LogP) is 3.04. The van der Waals surface area contributed by atoms with Crippen LogP contribution in [0.15, 0.2) is 41.8 Å². The second-order valence-corrected chi connectivity index (χ2v) is 8.62. The Hall–Kier alpha value is -2.18. The highest BCUT2D eigenvalue weighted by molar-refractivity contribution is 7.12. The maximum atomic E-state index is 12.9. The first-order valence-corrected chi connectivity index (χ1v) is 10.9. The summed E-state index contributed by atoms with van der Waals surface area (Å²) in [4.78, 5) is 32.0. The maximum absolute atomic E-state index is 12.9. The summed E-state index contributed by atoms with van der Waals surface area (Å²) < 4.78 is 0. The molecule has 0 bridgehead atoms. The standard InChI is InChI=1S/C22H27N3O2S/c1-23(19-9-4-7-17-6-2-3-8-18(17)19)16-21(26)24-11-13-25(14-12-24)22(27)20-10-5-15-28-20/h2-3,5-6,8,10,15,19H,4,7,9,11-14,16H2,1H3/t19-/m1/s1. The molecule has 1 aliphatic heterocycles. The van der Waals surface area contributed by atoms with Crippen LogP contribution in [-0.2, 0) is 11.2 Å². The molecule has 1 fully saturated rings. The minimum Gasteiger partial charge on any atom is -0.338 e. The molecule has 1 aliphatic carbocycles. The van der Waals surface area contributed by atoms with Crippen molar-refractivity contribution in [1.29, 1.82) is 0 Å². The Bertz CT molecular complexity index is 828. The van der Waals surface area contributed by atoms with Crippen LogP contribution in [-0.4, -0.2) is 66.3 Å². The molecule has 2 aliphatic rings. The Labute approximate surface area is 170 Å². The van der Waals surface area contributed by atoms with E-state index < -0.39 is 0 Å². The number of hydrogen-bond donors (Lipinski definition) is 0. The van der Waals surface area contributed by atoms with Crippen molar-refractivity contribution in [2.75, 3.05) is 39.8 Å². The van der Waals surface area contributed by atoms with E-state index in [1.807, 2.05) is 27.3 Å². The zero-order chi connectivity index (χ0) is 19.5. The number of carbonyl (C=O) groups excluding carboxylic acids is 2. The Morgan fingerprint density at radius 2 is 1.82 bits per heavy atom. The second kappa shape index (κ2) is 8.45. The first-order chi connectivity index (χ1) is 13.6. The first kappa shape index (κ1) is 19.2. The van der Waals surface area contributed by atoms with Crippen molar-refractivity contribution in [3.63, 3.8) is 0 Å². The van der Waals surface area contributed by atoms with Gasteiger partial charge in [0.15, 0.2) is 0 Å². The minimum atomic E-state index is 0.0815. The molecule has 6 heteroatoms. The Kier molecular flexibility index (Phi) is 5.78. The van der Waals surface area contributed by atoms with E-state index >= 15 is 0 Å². The zero-order valence-electron chi connectivity index (χ0n) is 16.3. The van der Waals surface area contributed by atoms with Crippen molar-refractivity contribution in [3.8, 4) is 0 Å². The molecule has 2 amide bonds. The van der Waals surface area contributed by atoms with E-state index in [0.29, 0.717) is 38.8 Å². The van der Waals surface area contributed by atoms with Gasteiger partial charge in [-0.1, -0.05) is 30.3 Å². The smallest absolute Gasteiger partial charge is 0.264 e. The molecule has 2 heterocycles. The number of rotatable bonds is 4. The van der Waals surface area contributed by atoms with Crippen LogP contribution in [0.2, 0.25) is 0 Å². The van der Waals surface area contributed by atoms with Gasteiger partial charge in [-0.2, -0.15) is 0 Å². The summed E-state index contributed by atoms with van der Waals surface area (Å²) >= 11 is 1.47. The van der Waals surface area contributed by atoms with Crippen LogP contribution in [0.3, 0.4) is 0 Å². The van der Waals surface area contributed by atoms with Crippen LogP contribution in [0.25, 0.3) is 0 Å². The molecule has 0 saturated carbocycles. The number of aryl methyl sites for hydroxylation is 1. The van der Waals surface area contributed by atoms with E-state index in [0.717, 1.165) is 17.7 Å². The first-order valence-electron chi connectivity index (χ1n) is 10.0. The van der Waals surface area contributed by atoms with Gasteiger partial charge >= 0.3 is 0 Å². The normalized spacial score (nSPS) is 19.6. The minimum absolute atomic E-state index is 0.0815. The number of thiophene rings is 1. The molecule has 1 atom stereocenters. The third-order valence-corrected chi connectivity index (χ3v) is 6.76. The average molecular weight is 398 g/mol. The molecule has 4 rings (SSSR count). The Morgan fingerprint density at radius 1 is 1.07 bits per heavy atom. The molecule has 0 unspecified atom stereocenters. The third-order valence-electron chi connectivity index (χ3n) is 5.91. The zero-order valence-corrected chi connectivity index (χ0v) is 17.2.